The largest absolute Gasteiger partial charge is 0.508 e. The molecule has 0 aromatic heterocycles. The molecule has 7 heteroatoms. The van der Waals surface area contributed by atoms with Crippen molar-refractivity contribution in [2.24, 2.45) is 0 Å². The summed E-state index contributed by atoms with van der Waals surface area (Å²) in [5.74, 6) is -0.227. The Balaban J connectivity index is 1.38. The third-order valence-corrected chi connectivity index (χ3v) is 4.91. The second-order valence-corrected chi connectivity index (χ2v) is 7.03. The molecule has 0 unspecified atom stereocenters. The standard InChI is InChI=1S/C22H25N3O4/c26-18-8-6-17(7-9-18)12-14-23-20(27)11-10-19-21(28)25(22(29)24-19)15-13-16-4-2-1-3-5-16/h1-9,19,26H,10-15H2,(H,23,27)(H,24,29)/t19-/m1/s1. The highest BCUT2D eigenvalue weighted by molar-refractivity contribution is 6.04. The van der Waals surface area contributed by atoms with Crippen molar-refractivity contribution in [1.82, 2.24) is 15.5 Å². The van der Waals surface area contributed by atoms with Crippen LogP contribution in [0, 0.1) is 0 Å². The molecule has 1 saturated heterocycles. The van der Waals surface area contributed by atoms with E-state index in [-0.39, 0.29) is 30.4 Å². The number of imide groups is 1. The monoisotopic (exact) mass is 395 g/mol. The number of amides is 4. The summed E-state index contributed by atoms with van der Waals surface area (Å²) in [6.45, 7) is 0.793. The first kappa shape index (κ1) is 20.4. The number of carbonyl (C=O) groups excluding carboxylic acids is 3. The topological polar surface area (TPSA) is 98.7 Å². The Kier molecular flexibility index (Phi) is 6.84. The van der Waals surface area contributed by atoms with Crippen molar-refractivity contribution in [2.45, 2.75) is 31.7 Å². The number of phenols is 1. The van der Waals surface area contributed by atoms with Gasteiger partial charge >= 0.3 is 6.03 Å². The first-order chi connectivity index (χ1) is 14.0. The van der Waals surface area contributed by atoms with Gasteiger partial charge in [0, 0.05) is 19.5 Å². The lowest BCUT2D eigenvalue weighted by molar-refractivity contribution is -0.127. The highest BCUT2D eigenvalue weighted by atomic mass is 16.3. The fraction of sp³-hybridized carbons (Fsp3) is 0.318. The molecule has 7 nitrogen and oxygen atoms in total. The Bertz CT molecular complexity index is 852. The number of urea groups is 1. The lowest BCUT2D eigenvalue weighted by Gasteiger charge is -2.13. The average molecular weight is 395 g/mol. The van der Waals surface area contributed by atoms with E-state index in [1.54, 1.807) is 24.3 Å². The minimum absolute atomic E-state index is 0.159. The lowest BCUT2D eigenvalue weighted by atomic mass is 10.1. The zero-order valence-electron chi connectivity index (χ0n) is 16.1. The summed E-state index contributed by atoms with van der Waals surface area (Å²) in [6, 6.07) is 15.4. The third-order valence-electron chi connectivity index (χ3n) is 4.91. The van der Waals surface area contributed by atoms with Crippen LogP contribution in [0.4, 0.5) is 4.79 Å². The van der Waals surface area contributed by atoms with E-state index in [9.17, 15) is 19.5 Å². The van der Waals surface area contributed by atoms with Crippen LogP contribution < -0.4 is 10.6 Å². The lowest BCUT2D eigenvalue weighted by Crippen LogP contribution is -2.34. The molecule has 4 amide bonds. The second kappa shape index (κ2) is 9.73. The van der Waals surface area contributed by atoms with Gasteiger partial charge < -0.3 is 15.7 Å². The van der Waals surface area contributed by atoms with Crippen molar-refractivity contribution in [1.29, 1.82) is 0 Å². The van der Waals surface area contributed by atoms with Gasteiger partial charge in [0.25, 0.3) is 5.91 Å². The predicted molar refractivity (Wildman–Crippen MR) is 108 cm³/mol. The molecule has 0 saturated carbocycles. The third kappa shape index (κ3) is 5.81. The van der Waals surface area contributed by atoms with Gasteiger partial charge in [-0.15, -0.1) is 0 Å². The minimum Gasteiger partial charge on any atom is -0.508 e. The molecule has 0 aliphatic carbocycles. The van der Waals surface area contributed by atoms with Crippen LogP contribution in [0.2, 0.25) is 0 Å². The first-order valence-corrected chi connectivity index (χ1v) is 9.73. The number of rotatable bonds is 9. The summed E-state index contributed by atoms with van der Waals surface area (Å²) >= 11 is 0. The summed E-state index contributed by atoms with van der Waals surface area (Å²) in [4.78, 5) is 37.8. The number of aromatic hydroxyl groups is 1. The zero-order chi connectivity index (χ0) is 20.6. The van der Waals surface area contributed by atoms with Crippen LogP contribution in [-0.2, 0) is 22.4 Å². The van der Waals surface area contributed by atoms with Crippen LogP contribution in [0.15, 0.2) is 54.6 Å². The number of phenolic OH excluding ortho intramolecular Hbond substituents is 1. The van der Waals surface area contributed by atoms with Crippen LogP contribution in [0.5, 0.6) is 5.75 Å². The molecular weight excluding hydrogens is 370 g/mol. The van der Waals surface area contributed by atoms with E-state index in [1.807, 2.05) is 30.3 Å². The van der Waals surface area contributed by atoms with Gasteiger partial charge in [-0.1, -0.05) is 42.5 Å². The van der Waals surface area contributed by atoms with Crippen LogP contribution in [-0.4, -0.2) is 47.0 Å². The molecule has 0 spiro atoms. The molecule has 2 aromatic carbocycles. The molecule has 1 aliphatic rings. The van der Waals surface area contributed by atoms with Crippen molar-refractivity contribution in [3.05, 3.63) is 65.7 Å². The number of nitrogens with one attached hydrogen (secondary N) is 2. The number of hydrogen-bond donors (Lipinski definition) is 3. The second-order valence-electron chi connectivity index (χ2n) is 7.03. The van der Waals surface area contributed by atoms with Gasteiger partial charge in [0.2, 0.25) is 5.91 Å². The zero-order valence-corrected chi connectivity index (χ0v) is 16.1. The summed E-state index contributed by atoms with van der Waals surface area (Å²) in [7, 11) is 0. The van der Waals surface area contributed by atoms with Crippen molar-refractivity contribution < 1.29 is 19.5 Å². The van der Waals surface area contributed by atoms with Crippen molar-refractivity contribution in [3.8, 4) is 5.75 Å². The van der Waals surface area contributed by atoms with E-state index in [4.69, 9.17) is 0 Å². The summed E-state index contributed by atoms with van der Waals surface area (Å²) in [5.41, 5.74) is 2.07. The first-order valence-electron chi connectivity index (χ1n) is 9.73. The highest BCUT2D eigenvalue weighted by Gasteiger charge is 2.37. The molecule has 29 heavy (non-hydrogen) atoms. The smallest absolute Gasteiger partial charge is 0.324 e. The van der Waals surface area contributed by atoms with E-state index >= 15 is 0 Å². The molecule has 0 radical (unpaired) electrons. The van der Waals surface area contributed by atoms with Gasteiger partial charge in [-0.25, -0.2) is 4.79 Å². The molecule has 3 N–H and O–H groups in total. The summed E-state index contributed by atoms with van der Waals surface area (Å²) in [5, 5.41) is 14.7. The Hall–Kier alpha value is -3.35. The maximum atomic E-state index is 12.5. The van der Waals surface area contributed by atoms with Crippen LogP contribution in [0.3, 0.4) is 0 Å². The van der Waals surface area contributed by atoms with E-state index in [2.05, 4.69) is 10.6 Å². The van der Waals surface area contributed by atoms with Crippen molar-refractivity contribution in [3.63, 3.8) is 0 Å². The molecule has 1 aliphatic heterocycles. The van der Waals surface area contributed by atoms with Crippen LogP contribution in [0.25, 0.3) is 0 Å². The van der Waals surface area contributed by atoms with Crippen LogP contribution >= 0.6 is 0 Å². The number of carbonyl (C=O) groups is 3. The Morgan fingerprint density at radius 1 is 1.00 bits per heavy atom. The molecule has 1 heterocycles. The molecule has 152 valence electrons. The van der Waals surface area contributed by atoms with Crippen LogP contribution in [0.1, 0.15) is 24.0 Å². The fourth-order valence-electron chi connectivity index (χ4n) is 3.24. The normalized spacial score (nSPS) is 16.0. The quantitative estimate of drug-likeness (QED) is 0.566. The summed E-state index contributed by atoms with van der Waals surface area (Å²) in [6.07, 6.45) is 1.69. The van der Waals surface area contributed by atoms with Gasteiger partial charge in [-0.3, -0.25) is 14.5 Å². The Labute approximate surface area is 169 Å². The average Bonchev–Trinajstić information content (AvgIpc) is 3.00. The van der Waals surface area contributed by atoms with E-state index in [0.29, 0.717) is 25.9 Å². The Morgan fingerprint density at radius 3 is 2.41 bits per heavy atom. The van der Waals surface area contributed by atoms with Crippen molar-refractivity contribution in [2.75, 3.05) is 13.1 Å². The van der Waals surface area contributed by atoms with Gasteiger partial charge in [0.1, 0.15) is 11.8 Å². The number of nitrogens with zero attached hydrogens (tertiary/aromatic N) is 1. The Morgan fingerprint density at radius 2 is 1.69 bits per heavy atom. The molecule has 1 fully saturated rings. The highest BCUT2D eigenvalue weighted by Crippen LogP contribution is 2.13. The van der Waals surface area contributed by atoms with Crippen molar-refractivity contribution >= 4 is 17.8 Å². The van der Waals surface area contributed by atoms with E-state index < -0.39 is 12.1 Å². The number of hydrogen-bond acceptors (Lipinski definition) is 4. The van der Waals surface area contributed by atoms with E-state index in [1.165, 1.54) is 4.90 Å². The molecule has 3 rings (SSSR count). The maximum Gasteiger partial charge on any atom is 0.324 e. The molecular formula is C22H25N3O4. The molecule has 0 bridgehead atoms. The van der Waals surface area contributed by atoms with Gasteiger partial charge in [-0.2, -0.15) is 0 Å². The molecule has 2 aromatic rings. The maximum absolute atomic E-state index is 12.5. The van der Waals surface area contributed by atoms with Gasteiger partial charge in [0.05, 0.1) is 0 Å². The minimum atomic E-state index is -0.652. The summed E-state index contributed by atoms with van der Waals surface area (Å²) < 4.78 is 0. The SMILES string of the molecule is O=C(CC[C@H]1NC(=O)N(CCc2ccccc2)C1=O)NCCc1ccc(O)cc1. The molecule has 1 atom stereocenters. The predicted octanol–water partition coefficient (Wildman–Crippen LogP) is 1.99. The van der Waals surface area contributed by atoms with Gasteiger partial charge in [0.15, 0.2) is 0 Å². The van der Waals surface area contributed by atoms with Gasteiger partial charge in [-0.05, 0) is 42.5 Å². The fourth-order valence-corrected chi connectivity index (χ4v) is 3.24. The number of benzene rings is 2. The van der Waals surface area contributed by atoms with E-state index in [0.717, 1.165) is 11.1 Å².